The van der Waals surface area contributed by atoms with E-state index in [-0.39, 0.29) is 12.1 Å². The van der Waals surface area contributed by atoms with E-state index in [0.717, 1.165) is 0 Å². The van der Waals surface area contributed by atoms with Gasteiger partial charge in [-0.25, -0.2) is 0 Å². The molecule has 126 valence electrons. The van der Waals surface area contributed by atoms with E-state index < -0.39 is 74.1 Å². The third-order valence-electron chi connectivity index (χ3n) is 2.33. The number of hydrogen-bond donors (Lipinski definition) is 8. The second-order valence-electron chi connectivity index (χ2n) is 4.01. The third-order valence-corrected chi connectivity index (χ3v) is 12.4. The Bertz CT molecular complexity index is 658. The average molecular weight is 574 g/mol. The molecule has 0 saturated heterocycles. The summed E-state index contributed by atoms with van der Waals surface area (Å²) in [5.41, 5.74) is 0. The van der Waals surface area contributed by atoms with Crippen molar-refractivity contribution in [1.82, 2.24) is 0 Å². The summed E-state index contributed by atoms with van der Waals surface area (Å²) in [4.78, 5) is 0. The van der Waals surface area contributed by atoms with Crippen molar-refractivity contribution in [3.8, 4) is 0 Å². The van der Waals surface area contributed by atoms with E-state index in [0.29, 0.717) is 0 Å². The van der Waals surface area contributed by atoms with Gasteiger partial charge in [-0.2, -0.15) is 0 Å². The van der Waals surface area contributed by atoms with Crippen LogP contribution in [0.15, 0.2) is 12.1 Å². The van der Waals surface area contributed by atoms with Crippen molar-refractivity contribution in [1.29, 1.82) is 0 Å². The molecule has 0 saturated carbocycles. The summed E-state index contributed by atoms with van der Waals surface area (Å²) in [6, 6.07) is 0.150. The van der Waals surface area contributed by atoms with E-state index in [1.807, 2.05) is 0 Å². The van der Waals surface area contributed by atoms with Gasteiger partial charge in [0.1, 0.15) is 0 Å². The van der Waals surface area contributed by atoms with Gasteiger partial charge in [0.15, 0.2) is 0 Å². The Morgan fingerprint density at radius 2 is 0.591 bits per heavy atom. The van der Waals surface area contributed by atoms with E-state index >= 15 is 0 Å². The normalized spacial score (nSPS) is 14.2. The van der Waals surface area contributed by atoms with Gasteiger partial charge in [-0.3, -0.25) is 0 Å². The first-order chi connectivity index (χ1) is 9.45. The molecule has 1 aromatic carbocycles. The molecule has 0 bridgehead atoms. The van der Waals surface area contributed by atoms with Crippen LogP contribution in [0.3, 0.4) is 0 Å². The van der Waals surface area contributed by atoms with Gasteiger partial charge in [-0.05, 0) is 0 Å². The molecule has 0 amide bonds. The van der Waals surface area contributed by atoms with Gasteiger partial charge < -0.3 is 0 Å². The summed E-state index contributed by atoms with van der Waals surface area (Å²) < 4.78 is 113. The molecule has 0 spiro atoms. The summed E-state index contributed by atoms with van der Waals surface area (Å²) in [6.07, 6.45) is 0. The minimum atomic E-state index is -6.05. The third kappa shape index (κ3) is 4.67. The molecule has 12 nitrogen and oxygen atoms in total. The van der Waals surface area contributed by atoms with Crippen LogP contribution in [0.25, 0.3) is 0 Å². The van der Waals surface area contributed by atoms with Crippen molar-refractivity contribution in [2.75, 3.05) is 0 Å². The number of rotatable bonds is 4. The summed E-state index contributed by atoms with van der Waals surface area (Å²) in [6.45, 7) is 0. The van der Waals surface area contributed by atoms with Crippen LogP contribution in [0.2, 0.25) is 0 Å². The topological polar surface area (TPSA) is 230 Å². The molecule has 16 heteroatoms. The first-order valence-corrected chi connectivity index (χ1v) is 18.4. The number of hydrogen-bond acceptors (Lipinski definition) is 4. The molecular weight excluding hydrogens is 564 g/mol. The zero-order valence-corrected chi connectivity index (χ0v) is 17.7. The Kier molecular flexibility index (Phi) is 5.56. The van der Waals surface area contributed by atoms with E-state index in [9.17, 15) is 15.0 Å². The fourth-order valence-corrected chi connectivity index (χ4v) is 13.7. The molecule has 0 aliphatic rings. The molecule has 1 rings (SSSR count). The summed E-state index contributed by atoms with van der Waals surface area (Å²) in [5.74, 6) is 0. The molecule has 0 radical (unpaired) electrons. The molecule has 1 aromatic rings. The van der Waals surface area contributed by atoms with Gasteiger partial charge in [-0.15, -0.1) is 0 Å². The van der Waals surface area contributed by atoms with Crippen LogP contribution in [-0.4, -0.2) is 89.5 Å². The predicted octanol–water partition coefficient (Wildman–Crippen LogP) is -8.07. The van der Waals surface area contributed by atoms with E-state index in [2.05, 4.69) is 0 Å². The first-order valence-electron chi connectivity index (χ1n) is 4.88. The van der Waals surface area contributed by atoms with Gasteiger partial charge in [0.2, 0.25) is 0 Å². The molecule has 0 unspecified atom stereocenters. The van der Waals surface area contributed by atoms with Crippen molar-refractivity contribution >= 4 is 74.1 Å². The van der Waals surface area contributed by atoms with Crippen LogP contribution < -0.4 is 17.4 Å². The van der Waals surface area contributed by atoms with Gasteiger partial charge in [-0.1, -0.05) is 0 Å². The second kappa shape index (κ2) is 6.00. The second-order valence-corrected chi connectivity index (χ2v) is 17.2. The van der Waals surface area contributed by atoms with Gasteiger partial charge >= 0.3 is 134 Å². The maximum absolute atomic E-state index is 11.3. The number of benzene rings is 1. The van der Waals surface area contributed by atoms with Crippen LogP contribution in [0, 0.1) is 0 Å². The van der Waals surface area contributed by atoms with Crippen molar-refractivity contribution in [2.24, 2.45) is 0 Å². The fraction of sp³-hybridized carbons (Fsp3) is 0. The fourth-order valence-electron chi connectivity index (χ4n) is 1.49. The van der Waals surface area contributed by atoms with Gasteiger partial charge in [0, 0.05) is 0 Å². The van der Waals surface area contributed by atoms with Crippen LogP contribution in [0.1, 0.15) is 0 Å². The monoisotopic (exact) mass is 574 g/mol. The van der Waals surface area contributed by atoms with Crippen LogP contribution in [0.5, 0.6) is 0 Å². The SMILES string of the molecule is O=[As](O)(O)c1cc([As](=O)(O)O)c([As](=O)(O)O)cc1[As](=O)(O)O. The molecule has 8 N–H and O–H groups in total. The molecule has 0 fully saturated rings. The molecule has 0 aliphatic carbocycles. The van der Waals surface area contributed by atoms with Crippen molar-refractivity contribution < 1.29 is 47.7 Å². The quantitative estimate of drug-likeness (QED) is 0.157. The van der Waals surface area contributed by atoms with Crippen molar-refractivity contribution in [3.05, 3.63) is 12.1 Å². The summed E-state index contributed by atoms with van der Waals surface area (Å²) >= 11 is -24.2. The zero-order chi connectivity index (χ0) is 17.7. The van der Waals surface area contributed by atoms with Crippen LogP contribution >= 0.6 is 0 Å². The average Bonchev–Trinajstić information content (AvgIpc) is 2.22. The predicted molar refractivity (Wildman–Crippen MR) is 68.5 cm³/mol. The molecular formula is C6H10As4O12. The maximum atomic E-state index is 11.3. The minimum absolute atomic E-state index is 0.0749. The molecule has 0 atom stereocenters. The Morgan fingerprint density at radius 3 is 0.682 bits per heavy atom. The summed E-state index contributed by atoms with van der Waals surface area (Å²) in [5, 5.41) is 0. The Balaban J connectivity index is 4.07. The van der Waals surface area contributed by atoms with Crippen LogP contribution in [0.4, 0.5) is 0 Å². The zero-order valence-electron chi connectivity index (χ0n) is 10.2. The van der Waals surface area contributed by atoms with E-state index in [1.54, 1.807) is 0 Å². The molecule has 0 heterocycles. The van der Waals surface area contributed by atoms with Gasteiger partial charge in [0.25, 0.3) is 0 Å². The Hall–Kier alpha value is 0.334. The van der Waals surface area contributed by atoms with Gasteiger partial charge in [0.05, 0.1) is 0 Å². The molecule has 0 aliphatic heterocycles. The Labute approximate surface area is 133 Å². The van der Waals surface area contributed by atoms with E-state index in [4.69, 9.17) is 32.8 Å². The molecule has 22 heavy (non-hydrogen) atoms. The molecule has 0 aromatic heterocycles. The first kappa shape index (κ1) is 20.4. The van der Waals surface area contributed by atoms with E-state index in [1.165, 1.54) is 0 Å². The van der Waals surface area contributed by atoms with Crippen LogP contribution in [-0.2, 0) is 15.0 Å². The Morgan fingerprint density at radius 1 is 0.455 bits per heavy atom. The van der Waals surface area contributed by atoms with Crippen molar-refractivity contribution in [2.45, 2.75) is 0 Å². The summed E-state index contributed by atoms with van der Waals surface area (Å²) in [7, 11) is 0. The standard InChI is InChI=1S/C6H10As4O12/c11-7(12,13)3-1-4(8(14,15)16)6(10(20,21)22)2-5(3)9(17,18)19/h1-2H,(H2,11,12,13)(H2,14,15,16)(H2,17,18,19)(H2,20,21,22). The van der Waals surface area contributed by atoms with Crippen molar-refractivity contribution in [3.63, 3.8) is 0 Å².